The summed E-state index contributed by atoms with van der Waals surface area (Å²) in [6.45, 7) is 0. The zero-order chi connectivity index (χ0) is 40.8. The lowest BCUT2D eigenvalue weighted by atomic mass is 9.70. The van der Waals surface area contributed by atoms with E-state index in [9.17, 15) is 0 Å². The van der Waals surface area contributed by atoms with E-state index >= 15 is 0 Å². The highest BCUT2D eigenvalue weighted by molar-refractivity contribution is 6.24. The Bertz CT molecular complexity index is 3510. The molecule has 288 valence electrons. The van der Waals surface area contributed by atoms with Crippen molar-refractivity contribution < 1.29 is 0 Å². The van der Waals surface area contributed by atoms with Crippen LogP contribution in [-0.4, -0.2) is 0 Å². The minimum atomic E-state index is -0.470. The molecule has 0 radical (unpaired) electrons. The Morgan fingerprint density at radius 2 is 0.726 bits per heavy atom. The van der Waals surface area contributed by atoms with Crippen molar-refractivity contribution in [3.63, 3.8) is 0 Å². The van der Waals surface area contributed by atoms with E-state index in [0.717, 1.165) is 11.4 Å². The normalized spacial score (nSPS) is 13.0. The van der Waals surface area contributed by atoms with Gasteiger partial charge in [0.05, 0.1) is 11.1 Å². The molecule has 0 unspecified atom stereocenters. The quantitative estimate of drug-likeness (QED) is 0.157. The predicted molar refractivity (Wildman–Crippen MR) is 261 cm³/mol. The van der Waals surface area contributed by atoms with Crippen molar-refractivity contribution in [3.8, 4) is 44.5 Å². The molecule has 0 N–H and O–H groups in total. The molecule has 2 aliphatic carbocycles. The van der Waals surface area contributed by atoms with Crippen LogP contribution in [0.15, 0.2) is 237 Å². The predicted octanol–water partition coefficient (Wildman–Crippen LogP) is 16.3. The fraction of sp³-hybridized carbons (Fsp3) is 0.0164. The molecule has 0 amide bonds. The first-order chi connectivity index (χ1) is 30.8. The first-order valence-electron chi connectivity index (χ1n) is 21.6. The second-order valence-electron chi connectivity index (χ2n) is 16.7. The summed E-state index contributed by atoms with van der Waals surface area (Å²) >= 11 is 0. The highest BCUT2D eigenvalue weighted by Gasteiger charge is 2.51. The van der Waals surface area contributed by atoms with Crippen molar-refractivity contribution in [2.24, 2.45) is 0 Å². The number of hydrogen-bond donors (Lipinski definition) is 0. The van der Waals surface area contributed by atoms with Gasteiger partial charge in [0.15, 0.2) is 0 Å². The first-order valence-corrected chi connectivity index (χ1v) is 21.6. The standard InChI is InChI=1S/C61H39N/c1-2-17-40(18-3-1)41-33-35-43(36-34-41)62(60-54-28-9-7-23-47(54)46-22-6-8-27-53(46)59(60)52-29-16-20-42-19-4-5-21-45(42)52)44-37-38-51-50-26-12-15-32-57(50)61(58(51)39-44)55-30-13-10-24-48(55)49-25-11-14-31-56(49)61/h1-39H. The number of rotatable bonds is 5. The molecule has 13 rings (SSSR count). The minimum Gasteiger partial charge on any atom is -0.309 e. The van der Waals surface area contributed by atoms with Crippen LogP contribution in [0.2, 0.25) is 0 Å². The van der Waals surface area contributed by atoms with Crippen LogP contribution >= 0.6 is 0 Å². The number of benzene rings is 11. The summed E-state index contributed by atoms with van der Waals surface area (Å²) in [4.78, 5) is 2.56. The Hall–Kier alpha value is -8.00. The lowest BCUT2D eigenvalue weighted by Gasteiger charge is -2.33. The van der Waals surface area contributed by atoms with E-state index in [-0.39, 0.29) is 0 Å². The van der Waals surface area contributed by atoms with Crippen LogP contribution in [0.4, 0.5) is 17.1 Å². The van der Waals surface area contributed by atoms with Crippen molar-refractivity contribution in [2.45, 2.75) is 5.41 Å². The Kier molecular flexibility index (Phi) is 7.59. The second-order valence-corrected chi connectivity index (χ2v) is 16.7. The molecular weight excluding hydrogens is 747 g/mol. The molecule has 1 heteroatoms. The fourth-order valence-corrected chi connectivity index (χ4v) is 11.1. The van der Waals surface area contributed by atoms with Crippen LogP contribution in [0.25, 0.3) is 76.8 Å². The van der Waals surface area contributed by atoms with Gasteiger partial charge in [0.1, 0.15) is 0 Å². The van der Waals surface area contributed by atoms with Gasteiger partial charge in [0, 0.05) is 22.3 Å². The van der Waals surface area contributed by atoms with Gasteiger partial charge in [-0.15, -0.1) is 0 Å². The van der Waals surface area contributed by atoms with E-state index in [0.29, 0.717) is 0 Å². The summed E-state index contributed by atoms with van der Waals surface area (Å²) in [5, 5.41) is 7.37. The smallest absolute Gasteiger partial charge is 0.0726 e. The molecule has 0 saturated heterocycles. The highest BCUT2D eigenvalue weighted by Crippen LogP contribution is 2.63. The minimum absolute atomic E-state index is 0.470. The Balaban J connectivity index is 1.16. The Labute approximate surface area is 361 Å². The third kappa shape index (κ3) is 4.85. The lowest BCUT2D eigenvalue weighted by molar-refractivity contribution is 0.793. The van der Waals surface area contributed by atoms with Crippen LogP contribution in [0.1, 0.15) is 22.3 Å². The van der Waals surface area contributed by atoms with Gasteiger partial charge in [-0.25, -0.2) is 0 Å². The Morgan fingerprint density at radius 3 is 1.39 bits per heavy atom. The van der Waals surface area contributed by atoms with Crippen LogP contribution in [0.5, 0.6) is 0 Å². The molecule has 0 heterocycles. The molecule has 0 aliphatic heterocycles. The summed E-state index contributed by atoms with van der Waals surface area (Å²) in [7, 11) is 0. The van der Waals surface area contributed by atoms with Gasteiger partial charge in [0.2, 0.25) is 0 Å². The van der Waals surface area contributed by atoms with Crippen LogP contribution < -0.4 is 4.90 Å². The number of fused-ring (bicyclic) bond motifs is 14. The largest absolute Gasteiger partial charge is 0.309 e. The van der Waals surface area contributed by atoms with E-state index in [2.05, 4.69) is 241 Å². The van der Waals surface area contributed by atoms with Gasteiger partial charge in [-0.3, -0.25) is 0 Å². The van der Waals surface area contributed by atoms with E-state index in [4.69, 9.17) is 0 Å². The van der Waals surface area contributed by atoms with Gasteiger partial charge < -0.3 is 4.90 Å². The topological polar surface area (TPSA) is 3.24 Å². The number of hydrogen-bond acceptors (Lipinski definition) is 1. The van der Waals surface area contributed by atoms with Crippen molar-refractivity contribution in [2.75, 3.05) is 4.90 Å². The molecule has 11 aromatic rings. The maximum absolute atomic E-state index is 2.56. The molecule has 2 aliphatic rings. The van der Waals surface area contributed by atoms with Gasteiger partial charge in [-0.05, 0) is 112 Å². The van der Waals surface area contributed by atoms with Crippen LogP contribution in [0, 0.1) is 0 Å². The molecule has 0 bridgehead atoms. The first kappa shape index (κ1) is 34.8. The zero-order valence-electron chi connectivity index (χ0n) is 34.0. The van der Waals surface area contributed by atoms with Crippen LogP contribution in [0.3, 0.4) is 0 Å². The van der Waals surface area contributed by atoms with Crippen molar-refractivity contribution >= 4 is 49.4 Å². The monoisotopic (exact) mass is 785 g/mol. The fourth-order valence-electron chi connectivity index (χ4n) is 11.1. The molecule has 62 heavy (non-hydrogen) atoms. The molecular formula is C61H39N. The molecule has 0 aromatic heterocycles. The van der Waals surface area contributed by atoms with Crippen LogP contribution in [-0.2, 0) is 5.41 Å². The molecule has 0 saturated carbocycles. The zero-order valence-corrected chi connectivity index (χ0v) is 34.0. The maximum atomic E-state index is 2.56. The average molecular weight is 786 g/mol. The molecule has 1 nitrogen and oxygen atoms in total. The highest BCUT2D eigenvalue weighted by atomic mass is 15.1. The van der Waals surface area contributed by atoms with Gasteiger partial charge in [0.25, 0.3) is 0 Å². The molecule has 1 spiro atoms. The summed E-state index contributed by atoms with van der Waals surface area (Å²) < 4.78 is 0. The lowest BCUT2D eigenvalue weighted by Crippen LogP contribution is -2.26. The summed E-state index contributed by atoms with van der Waals surface area (Å²) in [6.07, 6.45) is 0. The second kappa shape index (κ2) is 13.5. The van der Waals surface area contributed by atoms with Crippen molar-refractivity contribution in [3.05, 3.63) is 259 Å². The number of anilines is 3. The molecule has 11 aromatic carbocycles. The van der Waals surface area contributed by atoms with Crippen molar-refractivity contribution in [1.29, 1.82) is 0 Å². The van der Waals surface area contributed by atoms with E-state index < -0.39 is 5.41 Å². The Morgan fingerprint density at radius 1 is 0.274 bits per heavy atom. The van der Waals surface area contributed by atoms with Gasteiger partial charge in [-0.2, -0.15) is 0 Å². The van der Waals surface area contributed by atoms with E-state index in [1.54, 1.807) is 0 Å². The SMILES string of the molecule is c1ccc(-c2ccc(N(c3ccc4c(c3)C3(c5ccccc5-c5ccccc53)c3ccccc3-4)c3c(-c4cccc5ccccc45)c4ccccc4c4ccccc34)cc2)cc1. The summed E-state index contributed by atoms with van der Waals surface area (Å²) in [5.41, 5.74) is 18.3. The van der Waals surface area contributed by atoms with E-state index in [1.165, 1.54) is 105 Å². The molecule has 0 atom stereocenters. The average Bonchev–Trinajstić information content (AvgIpc) is 3.82. The maximum Gasteiger partial charge on any atom is 0.0726 e. The van der Waals surface area contributed by atoms with Gasteiger partial charge >= 0.3 is 0 Å². The van der Waals surface area contributed by atoms with Gasteiger partial charge in [-0.1, -0.05) is 212 Å². The number of nitrogens with zero attached hydrogens (tertiary/aromatic N) is 1. The summed E-state index contributed by atoms with van der Waals surface area (Å²) in [6, 6.07) is 88.0. The van der Waals surface area contributed by atoms with Crippen molar-refractivity contribution in [1.82, 2.24) is 0 Å². The third-order valence-corrected chi connectivity index (χ3v) is 13.7. The molecule has 0 fully saturated rings. The third-order valence-electron chi connectivity index (χ3n) is 13.7. The summed E-state index contributed by atoms with van der Waals surface area (Å²) in [5.74, 6) is 0. The van der Waals surface area contributed by atoms with E-state index in [1.807, 2.05) is 0 Å².